The normalized spacial score (nSPS) is 25.8. The standard InChI is InChI=1S/C8H15B.Li.H/c1-3-8-4-2-6-9(5-1)7-8;;/h8H,1-7H2;;. The first-order valence-electron chi connectivity index (χ1n) is 4.45. The molecule has 0 nitrogen and oxygen atoms in total. The zero-order valence-electron chi connectivity index (χ0n) is 6.10. The van der Waals surface area contributed by atoms with Gasteiger partial charge in [0.05, 0.1) is 0 Å². The Balaban J connectivity index is 0.000000500. The fourth-order valence-corrected chi connectivity index (χ4v) is 2.62. The van der Waals surface area contributed by atoms with Gasteiger partial charge in [0.25, 0.3) is 0 Å². The average Bonchev–Trinajstić information content (AvgIpc) is 1.88. The molecule has 10 heavy (non-hydrogen) atoms. The van der Waals surface area contributed by atoms with Crippen molar-refractivity contribution in [3.05, 3.63) is 0 Å². The molecule has 0 N–H and O–H groups in total. The van der Waals surface area contributed by atoms with Crippen molar-refractivity contribution in [2.45, 2.75) is 44.6 Å². The first-order chi connectivity index (χ1) is 4.45. The first kappa shape index (κ1) is 8.76. The van der Waals surface area contributed by atoms with E-state index in [9.17, 15) is 0 Å². The summed E-state index contributed by atoms with van der Waals surface area (Å²) in [7, 11) is 0. The van der Waals surface area contributed by atoms with E-state index in [0.717, 1.165) is 12.6 Å². The van der Waals surface area contributed by atoms with Gasteiger partial charge in [0.15, 0.2) is 0 Å². The second-order valence-corrected chi connectivity index (χ2v) is 3.83. The zero-order valence-corrected chi connectivity index (χ0v) is 6.10. The molecule has 2 aliphatic heterocycles. The van der Waals surface area contributed by atoms with Gasteiger partial charge >= 0.3 is 18.9 Å². The van der Waals surface area contributed by atoms with Crippen LogP contribution >= 0.6 is 0 Å². The number of hydrogen-bond donors (Lipinski definition) is 0. The van der Waals surface area contributed by atoms with Crippen LogP contribution in [-0.4, -0.2) is 25.6 Å². The molecule has 0 amide bonds. The molecule has 0 spiro atoms. The number of hydrogen-bond acceptors (Lipinski definition) is 0. The van der Waals surface area contributed by atoms with Gasteiger partial charge in [0, 0.05) is 0 Å². The molecule has 2 heterocycles. The number of rotatable bonds is 0. The van der Waals surface area contributed by atoms with Crippen molar-refractivity contribution in [3.63, 3.8) is 0 Å². The van der Waals surface area contributed by atoms with Crippen LogP contribution in [0.3, 0.4) is 0 Å². The molecule has 2 heteroatoms. The quantitative estimate of drug-likeness (QED) is 0.440. The minimum atomic E-state index is 0. The van der Waals surface area contributed by atoms with Crippen molar-refractivity contribution in [2.75, 3.05) is 0 Å². The molecule has 2 fully saturated rings. The van der Waals surface area contributed by atoms with Gasteiger partial charge in [-0.15, -0.1) is 0 Å². The maximum atomic E-state index is 1.58. The molecule has 2 saturated heterocycles. The summed E-state index contributed by atoms with van der Waals surface area (Å²) in [6.07, 6.45) is 10.9. The summed E-state index contributed by atoms with van der Waals surface area (Å²) in [5.74, 6) is 1.15. The van der Waals surface area contributed by atoms with Crippen LogP contribution in [0, 0.1) is 5.92 Å². The van der Waals surface area contributed by atoms with E-state index in [0.29, 0.717) is 0 Å². The monoisotopic (exact) mass is 130 g/mol. The Morgan fingerprint density at radius 2 is 1.60 bits per heavy atom. The molecule has 0 aromatic heterocycles. The van der Waals surface area contributed by atoms with Crippen LogP contribution in [0.5, 0.6) is 0 Å². The van der Waals surface area contributed by atoms with Crippen LogP contribution in [0.25, 0.3) is 0 Å². The predicted molar refractivity (Wildman–Crippen MR) is 49.3 cm³/mol. The molecule has 0 atom stereocenters. The van der Waals surface area contributed by atoms with Crippen LogP contribution < -0.4 is 0 Å². The van der Waals surface area contributed by atoms with E-state index in [-0.39, 0.29) is 18.9 Å². The van der Waals surface area contributed by atoms with E-state index < -0.39 is 0 Å². The summed E-state index contributed by atoms with van der Waals surface area (Å²) >= 11 is 0. The first-order valence-corrected chi connectivity index (χ1v) is 4.45. The molecule has 0 aliphatic carbocycles. The van der Waals surface area contributed by atoms with Gasteiger partial charge in [0.1, 0.15) is 6.71 Å². The van der Waals surface area contributed by atoms with Gasteiger partial charge < -0.3 is 0 Å². The molecule has 2 bridgehead atoms. The van der Waals surface area contributed by atoms with Gasteiger partial charge in [-0.05, 0) is 5.92 Å². The van der Waals surface area contributed by atoms with Gasteiger partial charge in [0.2, 0.25) is 0 Å². The van der Waals surface area contributed by atoms with Crippen molar-refractivity contribution in [1.29, 1.82) is 0 Å². The molecule has 0 radical (unpaired) electrons. The van der Waals surface area contributed by atoms with Crippen molar-refractivity contribution in [1.82, 2.24) is 0 Å². The fraction of sp³-hybridized carbons (Fsp3) is 1.00. The Morgan fingerprint density at radius 3 is 2.00 bits per heavy atom. The Bertz CT molecular complexity index is 85.4. The molecule has 2 aliphatic rings. The Morgan fingerprint density at radius 1 is 1.00 bits per heavy atom. The second kappa shape index (κ2) is 3.88. The summed E-state index contributed by atoms with van der Waals surface area (Å²) in [6, 6.07) is 0. The molecule has 0 unspecified atom stereocenters. The third-order valence-corrected chi connectivity index (χ3v) is 3.12. The fourth-order valence-electron chi connectivity index (χ4n) is 2.62. The van der Waals surface area contributed by atoms with Gasteiger partial charge in [-0.25, -0.2) is 0 Å². The van der Waals surface area contributed by atoms with Crippen molar-refractivity contribution < 1.29 is 0 Å². The molecule has 0 aromatic carbocycles. The van der Waals surface area contributed by atoms with Crippen molar-refractivity contribution >= 4 is 25.6 Å². The van der Waals surface area contributed by atoms with Crippen LogP contribution in [-0.2, 0) is 0 Å². The second-order valence-electron chi connectivity index (χ2n) is 3.83. The van der Waals surface area contributed by atoms with E-state index in [1.54, 1.807) is 31.8 Å². The predicted octanol–water partition coefficient (Wildman–Crippen LogP) is 2.04. The SMILES string of the molecule is C1CB2CCCC(C1)C2.[LiH]. The summed E-state index contributed by atoms with van der Waals surface area (Å²) in [4.78, 5) is 0. The van der Waals surface area contributed by atoms with Crippen molar-refractivity contribution in [2.24, 2.45) is 5.92 Å². The number of fused-ring (bicyclic) bond motifs is 2. The summed E-state index contributed by atoms with van der Waals surface area (Å²) < 4.78 is 0. The van der Waals surface area contributed by atoms with Crippen LogP contribution in [0.15, 0.2) is 0 Å². The van der Waals surface area contributed by atoms with Gasteiger partial charge in [-0.2, -0.15) is 0 Å². The minimum absolute atomic E-state index is 0. The van der Waals surface area contributed by atoms with E-state index in [1.165, 1.54) is 12.8 Å². The summed E-state index contributed by atoms with van der Waals surface area (Å²) in [5, 5.41) is 0. The van der Waals surface area contributed by atoms with E-state index in [4.69, 9.17) is 0 Å². The third-order valence-electron chi connectivity index (χ3n) is 3.12. The Kier molecular flexibility index (Phi) is 3.40. The Labute approximate surface area is 76.4 Å². The van der Waals surface area contributed by atoms with E-state index in [2.05, 4.69) is 0 Å². The van der Waals surface area contributed by atoms with Crippen LogP contribution in [0.4, 0.5) is 0 Å². The van der Waals surface area contributed by atoms with Crippen LogP contribution in [0.1, 0.15) is 25.7 Å². The molecule has 2 rings (SSSR count). The molecule has 0 saturated carbocycles. The summed E-state index contributed by atoms with van der Waals surface area (Å²) in [6.45, 7) is 1.15. The van der Waals surface area contributed by atoms with Gasteiger partial charge in [-0.1, -0.05) is 44.6 Å². The van der Waals surface area contributed by atoms with Crippen molar-refractivity contribution in [3.8, 4) is 0 Å². The molecular weight excluding hydrogens is 114 g/mol. The summed E-state index contributed by atoms with van der Waals surface area (Å²) in [5.41, 5.74) is 0. The van der Waals surface area contributed by atoms with E-state index >= 15 is 0 Å². The average molecular weight is 130 g/mol. The molecule has 52 valence electrons. The Hall–Kier alpha value is 0.662. The topological polar surface area (TPSA) is 0 Å². The maximum absolute atomic E-state index is 1.58. The van der Waals surface area contributed by atoms with Crippen LogP contribution in [0.2, 0.25) is 19.0 Å². The molecule has 0 aromatic rings. The third kappa shape index (κ3) is 1.83. The molecular formula is C8H16BLi. The van der Waals surface area contributed by atoms with Gasteiger partial charge in [-0.3, -0.25) is 0 Å². The van der Waals surface area contributed by atoms with E-state index in [1.807, 2.05) is 0 Å². The zero-order chi connectivity index (χ0) is 6.10.